The van der Waals surface area contributed by atoms with Crippen molar-refractivity contribution in [3.63, 3.8) is 0 Å². The van der Waals surface area contributed by atoms with Gasteiger partial charge in [0.1, 0.15) is 84.0 Å². The van der Waals surface area contributed by atoms with Gasteiger partial charge in [-0.1, -0.05) is 140 Å². The Bertz CT molecular complexity index is 5700. The van der Waals surface area contributed by atoms with E-state index < -0.39 is 137 Å². The van der Waals surface area contributed by atoms with Gasteiger partial charge in [0, 0.05) is 104 Å². The van der Waals surface area contributed by atoms with E-state index in [-0.39, 0.29) is 178 Å². The maximum atomic E-state index is 16.2. The van der Waals surface area contributed by atoms with E-state index in [0.29, 0.717) is 119 Å². The number of amides is 5. The van der Waals surface area contributed by atoms with E-state index >= 15 is 17.6 Å². The second-order valence-electron chi connectivity index (χ2n) is 43.8. The number of nitrogens with zero attached hydrogens (tertiary/aromatic N) is 9. The third-order valence-electron chi connectivity index (χ3n) is 31.5. The van der Waals surface area contributed by atoms with E-state index in [4.69, 9.17) is 52.6 Å². The number of methoxy groups -OCH3 is 2. The topological polar surface area (TPSA) is 348 Å². The Morgan fingerprint density at radius 2 is 1.01 bits per heavy atom. The molecular formula is C107H134F4N11O18V3-3. The van der Waals surface area contributed by atoms with E-state index in [1.165, 1.54) is 30.1 Å². The number of ether oxygens (including phenoxy) is 9. The minimum atomic E-state index is -3.30. The number of pyridine rings is 2. The van der Waals surface area contributed by atoms with Crippen molar-refractivity contribution in [2.45, 2.75) is 316 Å². The van der Waals surface area contributed by atoms with Crippen LogP contribution in [0.2, 0.25) is 0 Å². The summed E-state index contributed by atoms with van der Waals surface area (Å²) in [6.45, 7) is 22.7. The summed E-state index contributed by atoms with van der Waals surface area (Å²) in [4.78, 5) is 151. The Kier molecular flexibility index (Phi) is 35.9. The molecule has 29 nitrogen and oxygen atoms in total. The van der Waals surface area contributed by atoms with E-state index in [0.717, 1.165) is 81.8 Å². The average molecular weight is 2090 g/mol. The van der Waals surface area contributed by atoms with Crippen LogP contribution >= 0.6 is 0 Å². The molecule has 143 heavy (non-hydrogen) atoms. The summed E-state index contributed by atoms with van der Waals surface area (Å²) < 4.78 is 119. The summed E-state index contributed by atoms with van der Waals surface area (Å²) in [6, 6.07) is 13.8. The molecule has 771 valence electrons. The Morgan fingerprint density at radius 1 is 0.483 bits per heavy atom. The maximum absolute atomic E-state index is 16.2. The van der Waals surface area contributed by atoms with Crippen LogP contribution in [-0.2, 0) is 128 Å². The number of hydrogen-bond acceptors (Lipinski definition) is 24. The monoisotopic (exact) mass is 2090 g/mol. The minimum absolute atomic E-state index is 0. The molecule has 5 amide bonds. The fraction of sp³-hybridized carbons (Fsp3) is 0.636. The Labute approximate surface area is 870 Å². The fourth-order valence-electron chi connectivity index (χ4n) is 23.5. The molecule has 3 radical (unpaired) electrons. The van der Waals surface area contributed by atoms with Crippen molar-refractivity contribution in [1.29, 1.82) is 0 Å². The fourth-order valence-corrected chi connectivity index (χ4v) is 23.5. The number of carbonyl (C=O) groups is 6. The van der Waals surface area contributed by atoms with Crippen molar-refractivity contribution in [3.05, 3.63) is 108 Å². The molecule has 0 unspecified atom stereocenters. The molecule has 3 aromatic carbocycles. The average Bonchev–Trinajstić information content (AvgIpc) is 1.74. The molecule has 0 spiro atoms. The van der Waals surface area contributed by atoms with Crippen molar-refractivity contribution in [2.24, 2.45) is 81.3 Å². The third kappa shape index (κ3) is 24.7. The summed E-state index contributed by atoms with van der Waals surface area (Å²) in [6.07, 6.45) is 21.4. The predicted molar refractivity (Wildman–Crippen MR) is 510 cm³/mol. The third-order valence-corrected chi connectivity index (χ3v) is 31.5. The Balaban J connectivity index is 0.000000178. The summed E-state index contributed by atoms with van der Waals surface area (Å²) in [5.74, 6) is -6.64. The van der Waals surface area contributed by atoms with E-state index in [1.54, 1.807) is 72.9 Å². The molecule has 7 aromatic rings. The van der Waals surface area contributed by atoms with Crippen molar-refractivity contribution >= 4 is 87.6 Å². The number of carbonyl (C=O) groups excluding carboxylic acids is 9. The van der Waals surface area contributed by atoms with Crippen LogP contribution in [0.1, 0.15) is 247 Å². The van der Waals surface area contributed by atoms with Gasteiger partial charge in [-0.05, 0) is 220 Å². The van der Waals surface area contributed by atoms with Crippen molar-refractivity contribution in [3.8, 4) is 34.8 Å². The van der Waals surface area contributed by atoms with Crippen LogP contribution in [0.4, 0.5) is 27.2 Å². The molecule has 18 rings (SSSR count). The van der Waals surface area contributed by atoms with Crippen LogP contribution in [0, 0.1) is 81.3 Å². The van der Waals surface area contributed by atoms with Gasteiger partial charge in [0.25, 0.3) is 11.8 Å². The molecule has 11 aliphatic rings. The van der Waals surface area contributed by atoms with Crippen LogP contribution in [0.15, 0.2) is 85.3 Å². The van der Waals surface area contributed by atoms with Crippen LogP contribution in [0.3, 0.4) is 0 Å². The number of benzene rings is 3. The Morgan fingerprint density at radius 3 is 1.59 bits per heavy atom. The van der Waals surface area contributed by atoms with Crippen LogP contribution < -0.4 is 39.1 Å². The number of nitrogens with one attached hydrogen (secondary N) is 2. The molecule has 4 aromatic heterocycles. The molecule has 10 bridgehead atoms. The molecule has 22 atom stereocenters. The number of hydrogen-bond donors (Lipinski definition) is 2. The van der Waals surface area contributed by atoms with Gasteiger partial charge in [0.15, 0.2) is 5.69 Å². The number of rotatable bonds is 10. The molecule has 3 saturated heterocycles. The summed E-state index contributed by atoms with van der Waals surface area (Å²) in [5, 5.41) is 6.78. The minimum Gasteiger partial charge on any atom is -0.540 e. The van der Waals surface area contributed by atoms with Crippen molar-refractivity contribution in [1.82, 2.24) is 55.2 Å². The zero-order chi connectivity index (χ0) is 99.8. The van der Waals surface area contributed by atoms with Gasteiger partial charge in [0.2, 0.25) is 29.5 Å². The number of aromatic nitrogens is 6. The largest absolute Gasteiger partial charge is 0.540 e. The second kappa shape index (κ2) is 46.3. The normalized spacial score (nSPS) is 30.4. The molecule has 36 heteroatoms. The SMILES string of the molecule is CC[C@@H]1[C@@H]2CN(C(=O)[C@H](C(C)(C)C)CC(=O)O[C@@H]3C[C@H]3CCCCCc3nc4ccc(OCc5cnccn5)cc4nc3O2)[C@@H]1[C-]=O.CC[C@@H]1[C@@H]2CN(C(=O)[C@H](C(C)(C)C)NC(=O)O[C@@H]3[C@H]4CC[C@H](C4)[C@H]3CCCCC(F)(F)c3cc4ccc(OC)cc4nc3O2)[C@@H]1[C-]=O.COc1ccc2nc3c(cc2c1)O[C@H]1CN(C(=O)[C@H](C(C)(C)C)NC(=O)O[C@@H]2[C@H]4CC[C@H](C4)[C@H]2CCCCC3(F)F)[C@H]([C-]=O)[C@@H]1C.[V].[V].[V]. The number of aryl methyl sites for hydroxylation is 1. The number of alkyl carbamates (subject to hydrolysis) is 2. The first-order valence-electron chi connectivity index (χ1n) is 50.4. The molecule has 10 heterocycles. The zero-order valence-electron chi connectivity index (χ0n) is 84.1. The van der Waals surface area contributed by atoms with E-state index in [9.17, 15) is 43.2 Å². The quantitative estimate of drug-likeness (QED) is 0.0556. The van der Waals surface area contributed by atoms with Gasteiger partial charge < -0.3 is 82.3 Å². The van der Waals surface area contributed by atoms with Gasteiger partial charge in [-0.2, -0.15) is 8.78 Å². The molecule has 6 aliphatic heterocycles. The van der Waals surface area contributed by atoms with Gasteiger partial charge in [-0.25, -0.2) is 57.2 Å². The van der Waals surface area contributed by atoms with Crippen molar-refractivity contribution in [2.75, 3.05) is 33.9 Å². The predicted octanol–water partition coefficient (Wildman–Crippen LogP) is 17.9. The van der Waals surface area contributed by atoms with Crippen LogP contribution in [-0.4, -0.2) is 200 Å². The van der Waals surface area contributed by atoms with Gasteiger partial charge in [-0.15, -0.1) is 0 Å². The van der Waals surface area contributed by atoms with Crippen molar-refractivity contribution < 1.29 is 159 Å². The van der Waals surface area contributed by atoms with Gasteiger partial charge >= 0.3 is 18.2 Å². The number of halogens is 4. The number of esters is 1. The number of fused-ring (bicyclic) bond motifs is 23. The maximum Gasteiger partial charge on any atom is 0.408 e. The van der Waals surface area contributed by atoms with Crippen LogP contribution in [0.25, 0.3) is 32.8 Å². The first-order chi connectivity index (χ1) is 66.8. The second-order valence-corrected chi connectivity index (χ2v) is 43.8. The van der Waals surface area contributed by atoms with Crippen LogP contribution in [0.5, 0.6) is 34.8 Å². The standard InChI is InChI=1S/C36H46F2N3O6.C36H44N5O6.C35H44F2N3O6.3V/c1-6-24-28(19-42)41-18-29(24)46-32-26(16-21-12-13-23(45-5)17-27(21)39-32)36(37,38)14-8-7-9-25-20-10-11-22(15-20)30(25)47-34(44)40-31(33(41)43)35(2,3)4;1-5-25-30(20-42)41-19-32(25)47-34-28(39-27-12-11-24(16-29(27)40-34)45-21-23-18-37-13-14-38-23)10-8-6-7-9-22-15-31(22)46-33(43)17-26(35(41)44)36(2,3)4;1-19-26(18-41)40-17-28(19)45-27-16-22-15-23(44-5)11-12-25(22)38-30(27)35(36,37)13-7-6-8-24-20-9-10-21(14-20)29(24)46-33(43)39-31(32(40)42)34(2,3)4;;;/h12-13,16-17,20,22,24-25,28-31H,6-11,14-15,18H2,1-5H3,(H,40,44);11-14,16,18,22,25-26,30-32H,5-10,15,17,19,21H2,1-4H3;11-12,15-16,19-21,24,26,28-29,31H,6-10,13-14,17H2,1-5H3,(H,39,43);;;/q3*-1;;;/t20-,22+,24+,25-,28-,29+,30-,31-;22-,25+,26-,30-,31-,32+;19-,20+,21-,24+,26+,28-,29+,31+;;;/m110.../s1. The molecular weight excluding hydrogens is 1960 g/mol. The van der Waals surface area contributed by atoms with E-state index in [2.05, 4.69) is 36.9 Å². The smallest absolute Gasteiger partial charge is 0.408 e. The molecule has 5 saturated carbocycles. The zero-order valence-corrected chi connectivity index (χ0v) is 88.3. The molecule has 2 N–H and O–H groups in total. The number of alkyl halides is 4. The Hall–Kier alpha value is -9.40. The molecule has 8 fully saturated rings. The summed E-state index contributed by atoms with van der Waals surface area (Å²) >= 11 is 0. The first kappa shape index (κ1) is 111. The first-order valence-corrected chi connectivity index (χ1v) is 50.4. The van der Waals surface area contributed by atoms with E-state index in [1.807, 2.05) is 107 Å². The summed E-state index contributed by atoms with van der Waals surface area (Å²) in [7, 11) is 3.04. The van der Waals surface area contributed by atoms with Gasteiger partial charge in [-0.3, -0.25) is 29.1 Å². The van der Waals surface area contributed by atoms with Gasteiger partial charge in [0.05, 0.1) is 85.7 Å². The summed E-state index contributed by atoms with van der Waals surface area (Å²) in [5.41, 5.74) is 0.852. The molecule has 5 aliphatic carbocycles.